The van der Waals surface area contributed by atoms with Gasteiger partial charge in [0, 0.05) is 11.8 Å². The highest BCUT2D eigenvalue weighted by atomic mass is 35.5. The van der Waals surface area contributed by atoms with E-state index in [4.69, 9.17) is 23.2 Å². The molecule has 1 aromatic heterocycles. The highest BCUT2D eigenvalue weighted by Gasteiger charge is 2.00. The van der Waals surface area contributed by atoms with E-state index in [1.165, 1.54) is 18.3 Å². The van der Waals surface area contributed by atoms with Gasteiger partial charge in [0.05, 0.1) is 11.6 Å². The van der Waals surface area contributed by atoms with Crippen molar-refractivity contribution in [1.82, 2.24) is 4.98 Å². The second-order valence-corrected chi connectivity index (χ2v) is 2.80. The number of halogens is 2. The number of isocyanates is 1. The molecule has 0 saturated heterocycles. The van der Waals surface area contributed by atoms with E-state index in [0.717, 1.165) is 0 Å². The molecule has 0 aliphatic carbocycles. The summed E-state index contributed by atoms with van der Waals surface area (Å²) in [5.41, 5.74) is 0.657. The van der Waals surface area contributed by atoms with Gasteiger partial charge in [-0.1, -0.05) is 23.2 Å². The molecule has 0 atom stereocenters. The van der Waals surface area contributed by atoms with E-state index in [1.807, 2.05) is 0 Å². The molecular weight excluding hydrogens is 199 g/mol. The quantitative estimate of drug-likeness (QED) is 0.420. The first-order valence-corrected chi connectivity index (χ1v) is 3.83. The summed E-state index contributed by atoms with van der Waals surface area (Å²) in [5, 5.41) is 0.771. The molecule has 3 nitrogen and oxygen atoms in total. The van der Waals surface area contributed by atoms with Crippen LogP contribution in [0.25, 0.3) is 0 Å². The fraction of sp³-hybridized carbons (Fsp3) is 0.143. The first-order chi connectivity index (χ1) is 5.74. The van der Waals surface area contributed by atoms with Crippen LogP contribution in [0.2, 0.25) is 10.2 Å². The van der Waals surface area contributed by atoms with Crippen LogP contribution in [-0.2, 0) is 11.3 Å². The van der Waals surface area contributed by atoms with Crippen LogP contribution in [-0.4, -0.2) is 11.1 Å². The molecule has 1 heterocycles. The van der Waals surface area contributed by atoms with Gasteiger partial charge in [-0.2, -0.15) is 0 Å². The van der Waals surface area contributed by atoms with E-state index >= 15 is 0 Å². The molecule has 0 spiro atoms. The van der Waals surface area contributed by atoms with Crippen LogP contribution in [0.4, 0.5) is 0 Å². The van der Waals surface area contributed by atoms with E-state index in [2.05, 4.69) is 9.98 Å². The lowest BCUT2D eigenvalue weighted by Crippen LogP contribution is -1.85. The molecule has 0 N–H and O–H groups in total. The number of hydrogen-bond acceptors (Lipinski definition) is 3. The number of pyridine rings is 1. The molecule has 1 aromatic rings. The van der Waals surface area contributed by atoms with Crippen molar-refractivity contribution in [2.24, 2.45) is 4.99 Å². The Morgan fingerprint density at radius 1 is 1.58 bits per heavy atom. The maximum atomic E-state index is 9.78. The van der Waals surface area contributed by atoms with Crippen LogP contribution in [0, 0.1) is 0 Å². The van der Waals surface area contributed by atoms with Gasteiger partial charge in [0.2, 0.25) is 6.08 Å². The van der Waals surface area contributed by atoms with Gasteiger partial charge in [0.15, 0.2) is 0 Å². The van der Waals surface area contributed by atoms with Crippen LogP contribution in [0.3, 0.4) is 0 Å². The summed E-state index contributed by atoms with van der Waals surface area (Å²) in [6, 6.07) is 1.50. The number of nitrogens with zero attached hydrogens (tertiary/aromatic N) is 2. The third-order valence-corrected chi connectivity index (χ3v) is 1.77. The molecule has 5 heteroatoms. The molecule has 0 fully saturated rings. The second-order valence-electron chi connectivity index (χ2n) is 2.01. The van der Waals surface area contributed by atoms with Gasteiger partial charge in [0.25, 0.3) is 0 Å². The number of aliphatic imine (C=N–C) groups is 1. The topological polar surface area (TPSA) is 42.3 Å². The lowest BCUT2D eigenvalue weighted by atomic mass is 10.3. The largest absolute Gasteiger partial charge is 0.244 e. The fourth-order valence-electron chi connectivity index (χ4n) is 0.670. The minimum absolute atomic E-state index is 0.187. The fourth-order valence-corrected chi connectivity index (χ4v) is 1.10. The highest BCUT2D eigenvalue weighted by Crippen LogP contribution is 2.18. The minimum Gasteiger partial charge on any atom is -0.244 e. The lowest BCUT2D eigenvalue weighted by molar-refractivity contribution is 0.563. The Kier molecular flexibility index (Phi) is 3.23. The summed E-state index contributed by atoms with van der Waals surface area (Å²) < 4.78 is 0. The van der Waals surface area contributed by atoms with Crippen molar-refractivity contribution in [3.63, 3.8) is 0 Å². The number of carbonyl (C=O) groups excluding carboxylic acids is 1. The van der Waals surface area contributed by atoms with Gasteiger partial charge < -0.3 is 0 Å². The monoisotopic (exact) mass is 202 g/mol. The molecule has 0 radical (unpaired) electrons. The zero-order chi connectivity index (χ0) is 8.97. The number of aromatic nitrogens is 1. The minimum atomic E-state index is 0.187. The van der Waals surface area contributed by atoms with Crippen LogP contribution in [0.15, 0.2) is 17.3 Å². The van der Waals surface area contributed by atoms with Crippen molar-refractivity contribution in [3.8, 4) is 0 Å². The number of hydrogen-bond donors (Lipinski definition) is 0. The van der Waals surface area contributed by atoms with Crippen molar-refractivity contribution >= 4 is 29.3 Å². The smallest absolute Gasteiger partial charge is 0.235 e. The van der Waals surface area contributed by atoms with Gasteiger partial charge in [-0.15, -0.1) is 0 Å². The second kappa shape index (κ2) is 4.21. The Bertz CT molecular complexity index is 334. The normalized spacial score (nSPS) is 9.17. The van der Waals surface area contributed by atoms with Crippen LogP contribution in [0.5, 0.6) is 0 Å². The summed E-state index contributed by atoms with van der Waals surface area (Å²) in [5.74, 6) is 0. The van der Waals surface area contributed by atoms with Gasteiger partial charge in [-0.3, -0.25) is 0 Å². The zero-order valence-electron chi connectivity index (χ0n) is 5.92. The summed E-state index contributed by atoms with van der Waals surface area (Å²) in [6.07, 6.45) is 2.89. The van der Waals surface area contributed by atoms with E-state index in [0.29, 0.717) is 15.7 Å². The Labute approximate surface area is 79.0 Å². The third-order valence-electron chi connectivity index (χ3n) is 1.21. The molecule has 0 bridgehead atoms. The first-order valence-electron chi connectivity index (χ1n) is 3.07. The highest BCUT2D eigenvalue weighted by molar-refractivity contribution is 6.34. The van der Waals surface area contributed by atoms with Gasteiger partial charge in [0.1, 0.15) is 5.15 Å². The maximum absolute atomic E-state index is 9.78. The Morgan fingerprint density at radius 3 is 2.92 bits per heavy atom. The molecule has 0 aromatic carbocycles. The average Bonchev–Trinajstić information content (AvgIpc) is 2.03. The third kappa shape index (κ3) is 2.31. The average molecular weight is 203 g/mol. The molecule has 0 aliphatic heterocycles. The zero-order valence-corrected chi connectivity index (χ0v) is 7.43. The van der Waals surface area contributed by atoms with Crippen molar-refractivity contribution in [3.05, 3.63) is 28.0 Å². The molecule has 0 unspecified atom stereocenters. The molecular formula is C7H4Cl2N2O. The van der Waals surface area contributed by atoms with Crippen LogP contribution >= 0.6 is 23.2 Å². The predicted molar refractivity (Wildman–Crippen MR) is 46.1 cm³/mol. The molecule has 62 valence electrons. The molecule has 12 heavy (non-hydrogen) atoms. The van der Waals surface area contributed by atoms with Gasteiger partial charge in [-0.05, 0) is 6.07 Å². The Balaban J connectivity index is 2.93. The number of rotatable bonds is 2. The van der Waals surface area contributed by atoms with Crippen molar-refractivity contribution in [1.29, 1.82) is 0 Å². The first kappa shape index (κ1) is 9.20. The summed E-state index contributed by atoms with van der Waals surface area (Å²) in [6.45, 7) is 0.187. The maximum Gasteiger partial charge on any atom is 0.235 e. The Hall–Kier alpha value is -0.890. The summed E-state index contributed by atoms with van der Waals surface area (Å²) in [7, 11) is 0. The molecule has 1 rings (SSSR count). The van der Waals surface area contributed by atoms with E-state index in [1.54, 1.807) is 0 Å². The molecule has 0 saturated carbocycles. The summed E-state index contributed by atoms with van der Waals surface area (Å²) >= 11 is 11.3. The standard InChI is InChI=1S/C7H4Cl2N2O/c8-6-1-7(9)11-3-5(6)2-10-4-12/h1,3H,2H2. The van der Waals surface area contributed by atoms with E-state index in [9.17, 15) is 4.79 Å². The SMILES string of the molecule is O=C=NCc1cnc(Cl)cc1Cl. The summed E-state index contributed by atoms with van der Waals surface area (Å²) in [4.78, 5) is 16.9. The molecule has 0 aliphatic rings. The van der Waals surface area contributed by atoms with Crippen molar-refractivity contribution in [2.75, 3.05) is 0 Å². The van der Waals surface area contributed by atoms with E-state index in [-0.39, 0.29) is 6.54 Å². The predicted octanol–water partition coefficient (Wildman–Crippen LogP) is 2.22. The van der Waals surface area contributed by atoms with Crippen LogP contribution < -0.4 is 0 Å². The molecule has 0 amide bonds. The van der Waals surface area contributed by atoms with Crippen molar-refractivity contribution in [2.45, 2.75) is 6.54 Å². The van der Waals surface area contributed by atoms with Gasteiger partial charge in [-0.25, -0.2) is 14.8 Å². The van der Waals surface area contributed by atoms with E-state index < -0.39 is 0 Å². The Morgan fingerprint density at radius 2 is 2.33 bits per heavy atom. The van der Waals surface area contributed by atoms with Crippen LogP contribution in [0.1, 0.15) is 5.56 Å². The van der Waals surface area contributed by atoms with Gasteiger partial charge >= 0.3 is 0 Å². The lowest BCUT2D eigenvalue weighted by Gasteiger charge is -1.97. The van der Waals surface area contributed by atoms with Crippen molar-refractivity contribution < 1.29 is 4.79 Å².